The van der Waals surface area contributed by atoms with Gasteiger partial charge in [0.1, 0.15) is 0 Å². The lowest BCUT2D eigenvalue weighted by Crippen LogP contribution is -2.45. The van der Waals surface area contributed by atoms with E-state index >= 15 is 0 Å². The third-order valence-corrected chi connectivity index (χ3v) is 5.66. The molecule has 2 aromatic rings. The molecule has 0 aromatic carbocycles. The van der Waals surface area contributed by atoms with Crippen LogP contribution in [-0.2, 0) is 0 Å². The van der Waals surface area contributed by atoms with Crippen molar-refractivity contribution in [2.24, 2.45) is 17.1 Å². The van der Waals surface area contributed by atoms with Gasteiger partial charge in [-0.3, -0.25) is 4.98 Å². The van der Waals surface area contributed by atoms with Gasteiger partial charge in [0.25, 0.3) is 0 Å². The van der Waals surface area contributed by atoms with E-state index < -0.39 is 0 Å². The van der Waals surface area contributed by atoms with E-state index in [-0.39, 0.29) is 17.4 Å². The third kappa shape index (κ3) is 2.16. The lowest BCUT2D eigenvalue weighted by atomic mass is 9.61. The molecular weight excluding hydrogens is 272 g/mol. The molecule has 0 radical (unpaired) electrons. The number of hydrogen-bond donors (Lipinski definition) is 1. The molecule has 0 aliphatic heterocycles. The average Bonchev–Trinajstić information content (AvgIpc) is 3.06. The van der Waals surface area contributed by atoms with Gasteiger partial charge < -0.3 is 10.3 Å². The SMILES string of the molecule is CC1C(N)CCC(c2nc(-c3cncs3)no2)C1(C)C. The molecule has 0 amide bonds. The van der Waals surface area contributed by atoms with Gasteiger partial charge in [-0.25, -0.2) is 0 Å². The molecule has 1 aliphatic rings. The Hall–Kier alpha value is -1.27. The Morgan fingerprint density at radius 3 is 2.90 bits per heavy atom. The van der Waals surface area contributed by atoms with Crippen molar-refractivity contribution < 1.29 is 4.52 Å². The Kier molecular flexibility index (Phi) is 3.38. The van der Waals surface area contributed by atoms with Crippen LogP contribution in [0.5, 0.6) is 0 Å². The molecule has 20 heavy (non-hydrogen) atoms. The minimum absolute atomic E-state index is 0.0647. The first-order valence-corrected chi connectivity index (χ1v) is 7.86. The zero-order valence-corrected chi connectivity index (χ0v) is 12.9. The Morgan fingerprint density at radius 1 is 1.40 bits per heavy atom. The van der Waals surface area contributed by atoms with Crippen molar-refractivity contribution >= 4 is 11.3 Å². The molecule has 1 fully saturated rings. The van der Waals surface area contributed by atoms with Gasteiger partial charge in [-0.1, -0.05) is 25.9 Å². The first kappa shape index (κ1) is 13.7. The maximum Gasteiger partial charge on any atom is 0.230 e. The van der Waals surface area contributed by atoms with Crippen molar-refractivity contribution in [3.63, 3.8) is 0 Å². The summed E-state index contributed by atoms with van der Waals surface area (Å²) in [6.45, 7) is 6.72. The summed E-state index contributed by atoms with van der Waals surface area (Å²) in [6, 6.07) is 0.255. The summed E-state index contributed by atoms with van der Waals surface area (Å²) in [5.74, 6) is 2.07. The lowest BCUT2D eigenvalue weighted by molar-refractivity contribution is 0.0806. The van der Waals surface area contributed by atoms with E-state index in [0.717, 1.165) is 23.6 Å². The number of rotatable bonds is 2. The molecule has 1 aliphatic carbocycles. The second kappa shape index (κ2) is 4.93. The van der Waals surface area contributed by atoms with Crippen LogP contribution in [0.3, 0.4) is 0 Å². The molecule has 5 nitrogen and oxygen atoms in total. The highest BCUT2D eigenvalue weighted by Gasteiger charge is 2.44. The van der Waals surface area contributed by atoms with Gasteiger partial charge in [0, 0.05) is 18.2 Å². The topological polar surface area (TPSA) is 77.8 Å². The van der Waals surface area contributed by atoms with Gasteiger partial charge in [0.15, 0.2) is 0 Å². The van der Waals surface area contributed by atoms with Gasteiger partial charge in [-0.2, -0.15) is 4.98 Å². The minimum atomic E-state index is 0.0647. The smallest absolute Gasteiger partial charge is 0.230 e. The molecule has 108 valence electrons. The Bertz CT molecular complexity index is 578. The van der Waals surface area contributed by atoms with Crippen LogP contribution in [0.2, 0.25) is 0 Å². The molecule has 2 aromatic heterocycles. The number of nitrogens with two attached hydrogens (primary N) is 1. The zero-order chi connectivity index (χ0) is 14.3. The van der Waals surface area contributed by atoms with Crippen LogP contribution in [0.15, 0.2) is 16.2 Å². The van der Waals surface area contributed by atoms with E-state index in [0.29, 0.717) is 11.7 Å². The molecular formula is C14H20N4OS. The van der Waals surface area contributed by atoms with Gasteiger partial charge in [0.2, 0.25) is 11.7 Å². The standard InChI is InChI=1S/C14H20N4OS/c1-8-10(15)5-4-9(14(8,2)3)13-17-12(18-19-13)11-6-16-7-20-11/h6-10H,4-5,15H2,1-3H3. The van der Waals surface area contributed by atoms with Crippen LogP contribution < -0.4 is 5.73 Å². The number of nitrogens with zero attached hydrogens (tertiary/aromatic N) is 3. The highest BCUT2D eigenvalue weighted by molar-refractivity contribution is 7.13. The van der Waals surface area contributed by atoms with E-state index in [4.69, 9.17) is 10.3 Å². The molecule has 0 saturated heterocycles. The van der Waals surface area contributed by atoms with E-state index in [1.54, 1.807) is 11.7 Å². The zero-order valence-electron chi connectivity index (χ0n) is 12.0. The Balaban J connectivity index is 1.89. The summed E-state index contributed by atoms with van der Waals surface area (Å²) >= 11 is 1.52. The lowest BCUT2D eigenvalue weighted by Gasteiger charge is -2.45. The first-order valence-electron chi connectivity index (χ1n) is 6.98. The number of aromatic nitrogens is 3. The summed E-state index contributed by atoms with van der Waals surface area (Å²) in [5.41, 5.74) is 8.04. The molecule has 0 bridgehead atoms. The van der Waals surface area contributed by atoms with Crippen molar-refractivity contribution in [3.8, 4) is 10.7 Å². The van der Waals surface area contributed by atoms with Crippen molar-refractivity contribution in [3.05, 3.63) is 17.6 Å². The molecule has 2 heterocycles. The molecule has 3 atom stereocenters. The number of thiazole rings is 1. The van der Waals surface area contributed by atoms with Crippen LogP contribution >= 0.6 is 11.3 Å². The van der Waals surface area contributed by atoms with E-state index in [2.05, 4.69) is 35.9 Å². The highest BCUT2D eigenvalue weighted by Crippen LogP contribution is 2.49. The second-order valence-electron chi connectivity index (χ2n) is 6.23. The quantitative estimate of drug-likeness (QED) is 0.920. The summed E-state index contributed by atoms with van der Waals surface area (Å²) in [6.07, 6.45) is 3.78. The van der Waals surface area contributed by atoms with Gasteiger partial charge in [0.05, 0.1) is 10.4 Å². The van der Waals surface area contributed by atoms with Crippen molar-refractivity contribution in [1.82, 2.24) is 15.1 Å². The fraction of sp³-hybridized carbons (Fsp3) is 0.643. The summed E-state index contributed by atoms with van der Waals surface area (Å²) in [4.78, 5) is 9.58. The van der Waals surface area contributed by atoms with Gasteiger partial charge in [-0.15, -0.1) is 11.3 Å². The molecule has 3 unspecified atom stereocenters. The van der Waals surface area contributed by atoms with E-state index in [1.165, 1.54) is 11.3 Å². The van der Waals surface area contributed by atoms with Crippen molar-refractivity contribution in [2.75, 3.05) is 0 Å². The normalized spacial score (nSPS) is 29.5. The molecule has 0 spiro atoms. The maximum absolute atomic E-state index is 6.20. The molecule has 6 heteroatoms. The highest BCUT2D eigenvalue weighted by atomic mass is 32.1. The molecule has 3 rings (SSSR count). The maximum atomic E-state index is 6.20. The van der Waals surface area contributed by atoms with E-state index in [9.17, 15) is 0 Å². The molecule has 1 saturated carbocycles. The van der Waals surface area contributed by atoms with Crippen LogP contribution in [-0.4, -0.2) is 21.2 Å². The Labute approximate surface area is 122 Å². The van der Waals surface area contributed by atoms with Crippen LogP contribution in [0.25, 0.3) is 10.7 Å². The van der Waals surface area contributed by atoms with E-state index in [1.807, 2.05) is 0 Å². The molecule has 2 N–H and O–H groups in total. The van der Waals surface area contributed by atoms with Crippen LogP contribution in [0, 0.1) is 11.3 Å². The summed E-state index contributed by atoms with van der Waals surface area (Å²) in [7, 11) is 0. The summed E-state index contributed by atoms with van der Waals surface area (Å²) < 4.78 is 5.52. The fourth-order valence-electron chi connectivity index (χ4n) is 3.09. The third-order valence-electron chi connectivity index (χ3n) is 4.90. The van der Waals surface area contributed by atoms with Gasteiger partial charge >= 0.3 is 0 Å². The Morgan fingerprint density at radius 2 is 2.20 bits per heavy atom. The average molecular weight is 292 g/mol. The predicted molar refractivity (Wildman–Crippen MR) is 78.3 cm³/mol. The monoisotopic (exact) mass is 292 g/mol. The minimum Gasteiger partial charge on any atom is -0.339 e. The van der Waals surface area contributed by atoms with Crippen molar-refractivity contribution in [1.29, 1.82) is 0 Å². The first-order chi connectivity index (χ1) is 9.50. The number of hydrogen-bond acceptors (Lipinski definition) is 6. The largest absolute Gasteiger partial charge is 0.339 e. The second-order valence-corrected chi connectivity index (χ2v) is 7.11. The predicted octanol–water partition coefficient (Wildman–Crippen LogP) is 3.06. The summed E-state index contributed by atoms with van der Waals surface area (Å²) in [5, 5.41) is 4.10. The van der Waals surface area contributed by atoms with Crippen LogP contribution in [0.1, 0.15) is 45.4 Å². The van der Waals surface area contributed by atoms with Crippen molar-refractivity contribution in [2.45, 2.75) is 45.6 Å². The van der Waals surface area contributed by atoms with Gasteiger partial charge in [-0.05, 0) is 24.2 Å². The fourth-order valence-corrected chi connectivity index (χ4v) is 3.64. The van der Waals surface area contributed by atoms with Crippen LogP contribution in [0.4, 0.5) is 0 Å².